The molecule has 6 heteroatoms. The summed E-state index contributed by atoms with van der Waals surface area (Å²) in [5.41, 5.74) is -0.731. The van der Waals surface area contributed by atoms with Crippen LogP contribution in [0, 0.1) is 0 Å². The fourth-order valence-electron chi connectivity index (χ4n) is 0.666. The summed E-state index contributed by atoms with van der Waals surface area (Å²) >= 11 is 0. The van der Waals surface area contributed by atoms with Crippen LogP contribution >= 0.6 is 0 Å². The van der Waals surface area contributed by atoms with Gasteiger partial charge in [-0.3, -0.25) is 4.79 Å². The first kappa shape index (κ1) is 9.50. The van der Waals surface area contributed by atoms with Gasteiger partial charge < -0.3 is 5.11 Å². The Morgan fingerprint density at radius 1 is 1.38 bits per heavy atom. The molecule has 1 rings (SSSR count). The zero-order valence-corrected chi connectivity index (χ0v) is 6.17. The number of hydrogen-bond donors (Lipinski definition) is 1. The van der Waals surface area contributed by atoms with Gasteiger partial charge in [0.25, 0.3) is 5.78 Å². The second-order valence-corrected chi connectivity index (χ2v) is 2.23. The van der Waals surface area contributed by atoms with Crippen molar-refractivity contribution >= 4 is 5.78 Å². The minimum atomic E-state index is -4.93. The monoisotopic (exact) mass is 191 g/mol. The van der Waals surface area contributed by atoms with Gasteiger partial charge in [-0.1, -0.05) is 0 Å². The summed E-state index contributed by atoms with van der Waals surface area (Å²) in [7, 11) is 0. The van der Waals surface area contributed by atoms with Gasteiger partial charge in [-0.2, -0.15) is 13.2 Å². The van der Waals surface area contributed by atoms with Crippen molar-refractivity contribution in [2.75, 3.05) is 0 Å². The third-order valence-electron chi connectivity index (χ3n) is 1.24. The van der Waals surface area contributed by atoms with Gasteiger partial charge in [-0.05, 0) is 12.1 Å². The highest BCUT2D eigenvalue weighted by atomic mass is 19.4. The van der Waals surface area contributed by atoms with Gasteiger partial charge in [0.2, 0.25) is 0 Å². The van der Waals surface area contributed by atoms with E-state index < -0.39 is 17.7 Å². The van der Waals surface area contributed by atoms with Gasteiger partial charge >= 0.3 is 6.18 Å². The molecule has 3 nitrogen and oxygen atoms in total. The molecule has 1 aromatic heterocycles. The number of Topliss-reactive ketones (excluding diaryl/α,β-unsaturated/α-hetero) is 1. The van der Waals surface area contributed by atoms with Crippen LogP contribution in [0.5, 0.6) is 5.75 Å². The first-order valence-corrected chi connectivity index (χ1v) is 3.18. The normalized spacial score (nSPS) is 11.3. The van der Waals surface area contributed by atoms with Crippen LogP contribution < -0.4 is 0 Å². The number of alkyl halides is 3. The summed E-state index contributed by atoms with van der Waals surface area (Å²) in [5, 5.41) is 8.69. The third-order valence-corrected chi connectivity index (χ3v) is 1.24. The molecule has 0 aliphatic heterocycles. The number of nitrogens with zero attached hydrogens (tertiary/aromatic N) is 1. The number of aromatic nitrogens is 1. The highest BCUT2D eigenvalue weighted by Gasteiger charge is 2.40. The van der Waals surface area contributed by atoms with Crippen molar-refractivity contribution < 1.29 is 23.1 Å². The molecule has 1 heterocycles. The van der Waals surface area contributed by atoms with E-state index in [1.165, 1.54) is 0 Å². The lowest BCUT2D eigenvalue weighted by Gasteiger charge is -2.03. The highest BCUT2D eigenvalue weighted by molar-refractivity contribution is 5.98. The molecule has 0 unspecified atom stereocenters. The van der Waals surface area contributed by atoms with Gasteiger partial charge in [0.15, 0.2) is 0 Å². The molecule has 0 aromatic carbocycles. The number of halogens is 3. The lowest BCUT2D eigenvalue weighted by Crippen LogP contribution is -2.23. The Labute approximate surface area is 70.8 Å². The minimum Gasteiger partial charge on any atom is -0.506 e. The Bertz CT molecular complexity index is 318. The fraction of sp³-hybridized carbons (Fsp3) is 0.143. The summed E-state index contributed by atoms with van der Waals surface area (Å²) < 4.78 is 35.4. The maximum Gasteiger partial charge on any atom is 0.456 e. The smallest absolute Gasteiger partial charge is 0.456 e. The van der Waals surface area contributed by atoms with Crippen LogP contribution in [0.15, 0.2) is 18.3 Å². The van der Waals surface area contributed by atoms with Crippen LogP contribution in [0.2, 0.25) is 0 Å². The van der Waals surface area contributed by atoms with Crippen LogP contribution in [0.3, 0.4) is 0 Å². The van der Waals surface area contributed by atoms with E-state index in [-0.39, 0.29) is 5.75 Å². The predicted octanol–water partition coefficient (Wildman–Crippen LogP) is 1.53. The van der Waals surface area contributed by atoms with Crippen molar-refractivity contribution in [2.45, 2.75) is 6.18 Å². The maximum absolute atomic E-state index is 11.8. The van der Waals surface area contributed by atoms with Crippen molar-refractivity contribution in [3.05, 3.63) is 24.0 Å². The maximum atomic E-state index is 11.8. The van der Waals surface area contributed by atoms with Crippen molar-refractivity contribution in [3.8, 4) is 5.75 Å². The molecule has 0 saturated heterocycles. The van der Waals surface area contributed by atoms with Crippen molar-refractivity contribution in [1.82, 2.24) is 4.98 Å². The van der Waals surface area contributed by atoms with Crippen LogP contribution in [0.4, 0.5) is 13.2 Å². The Hall–Kier alpha value is -1.59. The molecule has 0 atom stereocenters. The van der Waals surface area contributed by atoms with Crippen LogP contribution in [-0.4, -0.2) is 22.1 Å². The first-order chi connectivity index (χ1) is 5.91. The molecule has 1 aromatic rings. The number of carbonyl (C=O) groups is 1. The summed E-state index contributed by atoms with van der Waals surface area (Å²) in [4.78, 5) is 13.6. The highest BCUT2D eigenvalue weighted by Crippen LogP contribution is 2.20. The molecule has 0 amide bonds. The summed E-state index contributed by atoms with van der Waals surface area (Å²) in [6.07, 6.45) is -4.15. The Morgan fingerprint density at radius 3 is 2.38 bits per heavy atom. The molecule has 0 aliphatic rings. The van der Waals surface area contributed by atoms with E-state index in [1.807, 2.05) is 0 Å². The molecule has 0 bridgehead atoms. The second-order valence-electron chi connectivity index (χ2n) is 2.23. The van der Waals surface area contributed by atoms with Crippen LogP contribution in [0.1, 0.15) is 10.5 Å². The standard InChI is InChI=1S/C7H4F3NO2/c8-7(9,10)6(13)5-2-1-4(12)3-11-5/h1-3,12H. The van der Waals surface area contributed by atoms with E-state index in [9.17, 15) is 18.0 Å². The summed E-state index contributed by atoms with van der Waals surface area (Å²) in [5.74, 6) is -2.31. The number of pyridine rings is 1. The largest absolute Gasteiger partial charge is 0.506 e. The van der Waals surface area contributed by atoms with Gasteiger partial charge in [0.1, 0.15) is 11.4 Å². The van der Waals surface area contributed by atoms with E-state index in [0.29, 0.717) is 0 Å². The lowest BCUT2D eigenvalue weighted by molar-refractivity contribution is -0.0888. The number of aromatic hydroxyl groups is 1. The van der Waals surface area contributed by atoms with Gasteiger partial charge in [0.05, 0.1) is 6.20 Å². The topological polar surface area (TPSA) is 50.2 Å². The lowest BCUT2D eigenvalue weighted by atomic mass is 10.2. The number of ketones is 1. The van der Waals surface area contributed by atoms with Gasteiger partial charge in [-0.25, -0.2) is 4.98 Å². The Morgan fingerprint density at radius 2 is 2.00 bits per heavy atom. The average Bonchev–Trinajstić information content (AvgIpc) is 2.03. The average molecular weight is 191 g/mol. The zero-order valence-electron chi connectivity index (χ0n) is 6.17. The van der Waals surface area contributed by atoms with E-state index in [0.717, 1.165) is 18.3 Å². The Kier molecular flexibility index (Phi) is 2.22. The van der Waals surface area contributed by atoms with Crippen molar-refractivity contribution in [1.29, 1.82) is 0 Å². The summed E-state index contributed by atoms with van der Waals surface area (Å²) in [6, 6.07) is 1.77. The van der Waals surface area contributed by atoms with E-state index in [4.69, 9.17) is 5.11 Å². The predicted molar refractivity (Wildman–Crippen MR) is 36.3 cm³/mol. The van der Waals surface area contributed by atoms with Gasteiger partial charge in [0, 0.05) is 0 Å². The summed E-state index contributed by atoms with van der Waals surface area (Å²) in [6.45, 7) is 0. The number of rotatable bonds is 1. The van der Waals surface area contributed by atoms with Crippen molar-refractivity contribution in [3.63, 3.8) is 0 Å². The quantitative estimate of drug-likeness (QED) is 0.685. The molecule has 70 valence electrons. The zero-order chi connectivity index (χ0) is 10.1. The van der Waals surface area contributed by atoms with E-state index in [1.54, 1.807) is 0 Å². The van der Waals surface area contributed by atoms with E-state index in [2.05, 4.69) is 4.98 Å². The minimum absolute atomic E-state index is 0.293. The molecular weight excluding hydrogens is 187 g/mol. The number of carbonyl (C=O) groups excluding carboxylic acids is 1. The second kappa shape index (κ2) is 3.04. The molecular formula is C7H4F3NO2. The van der Waals surface area contributed by atoms with Crippen LogP contribution in [0.25, 0.3) is 0 Å². The molecule has 0 fully saturated rings. The molecule has 13 heavy (non-hydrogen) atoms. The third kappa shape index (κ3) is 2.17. The van der Waals surface area contributed by atoms with E-state index >= 15 is 0 Å². The fourth-order valence-corrected chi connectivity index (χ4v) is 0.666. The molecule has 0 radical (unpaired) electrons. The SMILES string of the molecule is O=C(c1ccc(O)cn1)C(F)(F)F. The molecule has 0 spiro atoms. The van der Waals surface area contributed by atoms with Crippen LogP contribution in [-0.2, 0) is 0 Å². The van der Waals surface area contributed by atoms with Crippen molar-refractivity contribution in [2.24, 2.45) is 0 Å². The van der Waals surface area contributed by atoms with Gasteiger partial charge in [-0.15, -0.1) is 0 Å². The first-order valence-electron chi connectivity index (χ1n) is 3.18. The molecule has 1 N–H and O–H groups in total. The molecule has 0 saturated carbocycles. The molecule has 0 aliphatic carbocycles. The number of hydrogen-bond acceptors (Lipinski definition) is 3. The Balaban J connectivity index is 2.97.